The summed E-state index contributed by atoms with van der Waals surface area (Å²) in [5.74, 6) is 1.49. The lowest BCUT2D eigenvalue weighted by molar-refractivity contribution is -0.135. The number of hydrogen-bond acceptors (Lipinski definition) is 5. The van der Waals surface area contributed by atoms with Gasteiger partial charge in [0.2, 0.25) is 5.91 Å². The quantitative estimate of drug-likeness (QED) is 0.384. The summed E-state index contributed by atoms with van der Waals surface area (Å²) in [5, 5.41) is 11.5. The zero-order valence-corrected chi connectivity index (χ0v) is 19.2. The number of H-pyrrole nitrogens is 1. The summed E-state index contributed by atoms with van der Waals surface area (Å²) < 4.78 is 5.94. The molecule has 5 N–H and O–H groups in total. The summed E-state index contributed by atoms with van der Waals surface area (Å²) in [6.07, 6.45) is 2.09. The van der Waals surface area contributed by atoms with E-state index in [-0.39, 0.29) is 17.9 Å². The van der Waals surface area contributed by atoms with Crippen molar-refractivity contribution in [3.05, 3.63) is 60.6 Å². The Morgan fingerprint density at radius 3 is 2.71 bits per heavy atom. The first-order chi connectivity index (χ1) is 16.3. The van der Waals surface area contributed by atoms with E-state index in [4.69, 9.17) is 15.6 Å². The van der Waals surface area contributed by atoms with Crippen LogP contribution in [0, 0.1) is 5.92 Å². The smallest absolute Gasteiger partial charge is 0.405 e. The SMILES string of the molecule is CC(C)[C@H](NC(=O)O)C(=O)N1CCCC1c1ncc(-c2ccc(N)c(Oc3ccccc3)c2)[nH]1. The van der Waals surface area contributed by atoms with E-state index in [0.717, 1.165) is 24.1 Å². The van der Waals surface area contributed by atoms with Crippen molar-refractivity contribution < 1.29 is 19.4 Å². The number of amides is 2. The summed E-state index contributed by atoms with van der Waals surface area (Å²) in [7, 11) is 0. The first-order valence-electron chi connectivity index (χ1n) is 11.3. The first kappa shape index (κ1) is 23.2. The maximum Gasteiger partial charge on any atom is 0.405 e. The number of anilines is 1. The van der Waals surface area contributed by atoms with Crippen LogP contribution in [-0.4, -0.2) is 44.6 Å². The molecule has 0 aliphatic carbocycles. The normalized spacial score (nSPS) is 16.4. The fourth-order valence-corrected chi connectivity index (χ4v) is 4.20. The predicted octanol–water partition coefficient (Wildman–Crippen LogP) is 4.41. The van der Waals surface area contributed by atoms with Crippen LogP contribution < -0.4 is 15.8 Å². The van der Waals surface area contributed by atoms with E-state index in [1.54, 1.807) is 17.2 Å². The number of nitrogens with one attached hydrogen (secondary N) is 2. The van der Waals surface area contributed by atoms with Gasteiger partial charge >= 0.3 is 6.09 Å². The van der Waals surface area contributed by atoms with Gasteiger partial charge < -0.3 is 30.8 Å². The summed E-state index contributed by atoms with van der Waals surface area (Å²) in [6.45, 7) is 4.20. The van der Waals surface area contributed by atoms with Gasteiger partial charge in [-0.15, -0.1) is 0 Å². The molecule has 1 saturated heterocycles. The number of imidazole rings is 1. The second-order valence-electron chi connectivity index (χ2n) is 8.71. The third kappa shape index (κ3) is 4.98. The maximum absolute atomic E-state index is 13.2. The van der Waals surface area contributed by atoms with Gasteiger partial charge in [-0.25, -0.2) is 9.78 Å². The van der Waals surface area contributed by atoms with Gasteiger partial charge in [0.05, 0.1) is 23.6 Å². The zero-order valence-electron chi connectivity index (χ0n) is 19.2. The average Bonchev–Trinajstić information content (AvgIpc) is 3.48. The third-order valence-electron chi connectivity index (χ3n) is 5.95. The number of carbonyl (C=O) groups is 2. The number of aromatic nitrogens is 2. The Morgan fingerprint density at radius 1 is 1.24 bits per heavy atom. The number of para-hydroxylation sites is 1. The summed E-state index contributed by atoms with van der Waals surface area (Å²) >= 11 is 0. The van der Waals surface area contributed by atoms with Crippen molar-refractivity contribution in [3.8, 4) is 22.8 Å². The lowest BCUT2D eigenvalue weighted by Crippen LogP contribution is -2.50. The number of nitrogens with zero attached hydrogens (tertiary/aromatic N) is 2. The molecule has 9 nitrogen and oxygen atoms in total. The average molecular weight is 464 g/mol. The molecular weight excluding hydrogens is 434 g/mol. The van der Waals surface area contributed by atoms with Gasteiger partial charge in [0.1, 0.15) is 17.6 Å². The lowest BCUT2D eigenvalue weighted by atomic mass is 10.0. The van der Waals surface area contributed by atoms with Crippen LogP contribution >= 0.6 is 0 Å². The van der Waals surface area contributed by atoms with Crippen LogP contribution in [-0.2, 0) is 4.79 Å². The fraction of sp³-hybridized carbons (Fsp3) is 0.320. The molecule has 1 fully saturated rings. The van der Waals surface area contributed by atoms with Gasteiger partial charge in [-0.1, -0.05) is 38.1 Å². The van der Waals surface area contributed by atoms with E-state index < -0.39 is 12.1 Å². The Morgan fingerprint density at radius 2 is 2.00 bits per heavy atom. The van der Waals surface area contributed by atoms with Gasteiger partial charge in [0.25, 0.3) is 0 Å². The van der Waals surface area contributed by atoms with E-state index in [0.29, 0.717) is 29.6 Å². The molecule has 2 aromatic carbocycles. The Labute approximate surface area is 197 Å². The molecule has 178 valence electrons. The number of benzene rings is 2. The second-order valence-corrected chi connectivity index (χ2v) is 8.71. The minimum absolute atomic E-state index is 0.171. The number of nitrogens with two attached hydrogens (primary N) is 1. The fourth-order valence-electron chi connectivity index (χ4n) is 4.20. The summed E-state index contributed by atoms with van der Waals surface area (Å²) in [6, 6.07) is 13.9. The van der Waals surface area contributed by atoms with E-state index in [1.807, 2.05) is 56.3 Å². The molecule has 0 saturated carbocycles. The molecule has 4 rings (SSSR count). The van der Waals surface area contributed by atoms with Crippen molar-refractivity contribution in [2.24, 2.45) is 5.92 Å². The lowest BCUT2D eigenvalue weighted by Gasteiger charge is -2.29. The molecule has 0 spiro atoms. The minimum Gasteiger partial charge on any atom is -0.465 e. The molecule has 1 unspecified atom stereocenters. The van der Waals surface area contributed by atoms with Crippen molar-refractivity contribution in [1.82, 2.24) is 20.2 Å². The Balaban J connectivity index is 1.55. The van der Waals surface area contributed by atoms with Crippen molar-refractivity contribution in [3.63, 3.8) is 0 Å². The number of likely N-dealkylation sites (tertiary alicyclic amines) is 1. The molecule has 34 heavy (non-hydrogen) atoms. The largest absolute Gasteiger partial charge is 0.465 e. The van der Waals surface area contributed by atoms with Crippen molar-refractivity contribution in [2.45, 2.75) is 38.8 Å². The molecule has 9 heteroatoms. The first-order valence-corrected chi connectivity index (χ1v) is 11.3. The highest BCUT2D eigenvalue weighted by Crippen LogP contribution is 2.35. The molecule has 0 radical (unpaired) electrons. The number of aromatic amines is 1. The number of rotatable bonds is 7. The van der Waals surface area contributed by atoms with Gasteiger partial charge in [-0.2, -0.15) is 0 Å². The standard InChI is InChI=1S/C25H29N5O4/c1-15(2)22(29-25(32)33)24(31)30-12-6-9-20(30)23-27-14-19(28-23)16-10-11-18(26)21(13-16)34-17-7-4-3-5-8-17/h3-5,7-8,10-11,13-15,20,22,29H,6,9,12,26H2,1-2H3,(H,27,28)(H,32,33)/t20?,22-/m0/s1. The molecule has 2 atom stereocenters. The third-order valence-corrected chi connectivity index (χ3v) is 5.95. The van der Waals surface area contributed by atoms with Crippen LogP contribution in [0.2, 0.25) is 0 Å². The van der Waals surface area contributed by atoms with Crippen LogP contribution in [0.25, 0.3) is 11.3 Å². The maximum atomic E-state index is 13.2. The zero-order chi connectivity index (χ0) is 24.2. The van der Waals surface area contributed by atoms with Gasteiger partial charge in [-0.05, 0) is 43.0 Å². The van der Waals surface area contributed by atoms with E-state index in [1.165, 1.54) is 0 Å². The van der Waals surface area contributed by atoms with Crippen molar-refractivity contribution in [2.75, 3.05) is 12.3 Å². The number of nitrogen functional groups attached to an aromatic ring is 1. The van der Waals surface area contributed by atoms with Crippen LogP contribution in [0.1, 0.15) is 38.6 Å². The molecular formula is C25H29N5O4. The van der Waals surface area contributed by atoms with Crippen LogP contribution in [0.15, 0.2) is 54.7 Å². The molecule has 1 aliphatic rings. The van der Waals surface area contributed by atoms with E-state index in [2.05, 4.69) is 15.3 Å². The number of carbonyl (C=O) groups excluding carboxylic acids is 1. The highest BCUT2D eigenvalue weighted by molar-refractivity contribution is 5.86. The van der Waals surface area contributed by atoms with Crippen LogP contribution in [0.5, 0.6) is 11.5 Å². The van der Waals surface area contributed by atoms with E-state index in [9.17, 15) is 9.59 Å². The van der Waals surface area contributed by atoms with E-state index >= 15 is 0 Å². The summed E-state index contributed by atoms with van der Waals surface area (Å²) in [4.78, 5) is 34.0. The number of ether oxygens (including phenoxy) is 1. The molecule has 1 aromatic heterocycles. The molecule has 0 bridgehead atoms. The van der Waals surface area contributed by atoms with Gasteiger partial charge in [0, 0.05) is 12.1 Å². The Hall–Kier alpha value is -4.01. The topological polar surface area (TPSA) is 134 Å². The minimum atomic E-state index is -1.21. The Kier molecular flexibility index (Phi) is 6.72. The van der Waals surface area contributed by atoms with Crippen molar-refractivity contribution in [1.29, 1.82) is 0 Å². The number of carboxylic acid groups (broad SMARTS) is 1. The van der Waals surface area contributed by atoms with Crippen molar-refractivity contribution >= 4 is 17.7 Å². The highest BCUT2D eigenvalue weighted by Gasteiger charge is 2.37. The van der Waals surface area contributed by atoms with Gasteiger partial charge in [0.15, 0.2) is 5.75 Å². The summed E-state index contributed by atoms with van der Waals surface area (Å²) in [5.41, 5.74) is 8.26. The van der Waals surface area contributed by atoms with Gasteiger partial charge in [-0.3, -0.25) is 4.79 Å². The predicted molar refractivity (Wildman–Crippen MR) is 128 cm³/mol. The monoisotopic (exact) mass is 463 g/mol. The highest BCUT2D eigenvalue weighted by atomic mass is 16.5. The molecule has 1 aliphatic heterocycles. The second kappa shape index (κ2) is 9.86. The molecule has 2 amide bonds. The number of hydrogen-bond donors (Lipinski definition) is 4. The van der Waals surface area contributed by atoms with Crippen LogP contribution in [0.4, 0.5) is 10.5 Å². The molecule has 3 aromatic rings. The van der Waals surface area contributed by atoms with Crippen LogP contribution in [0.3, 0.4) is 0 Å². The Bertz CT molecular complexity index is 1160. The molecule has 2 heterocycles.